The average molecular weight is 337 g/mol. The van der Waals surface area contributed by atoms with E-state index in [0.29, 0.717) is 6.61 Å². The fraction of sp³-hybridized carbons (Fsp3) is 0.375. The van der Waals surface area contributed by atoms with Gasteiger partial charge in [0.1, 0.15) is 0 Å². The monoisotopic (exact) mass is 336 g/mol. The molecular formula is C16H21BrN2O. The molecule has 108 valence electrons. The predicted molar refractivity (Wildman–Crippen MR) is 86.9 cm³/mol. The summed E-state index contributed by atoms with van der Waals surface area (Å²) in [4.78, 5) is 0. The highest BCUT2D eigenvalue weighted by molar-refractivity contribution is 9.10. The van der Waals surface area contributed by atoms with Gasteiger partial charge in [-0.25, -0.2) is 0 Å². The quantitative estimate of drug-likeness (QED) is 0.809. The van der Waals surface area contributed by atoms with Gasteiger partial charge < -0.3 is 14.6 Å². The number of anilines is 1. The van der Waals surface area contributed by atoms with Crippen LogP contribution in [0.2, 0.25) is 0 Å². The van der Waals surface area contributed by atoms with Crippen molar-refractivity contribution < 1.29 is 4.74 Å². The zero-order chi connectivity index (χ0) is 14.4. The van der Waals surface area contributed by atoms with E-state index in [1.165, 1.54) is 5.69 Å². The van der Waals surface area contributed by atoms with Crippen molar-refractivity contribution in [1.29, 1.82) is 0 Å². The first-order chi connectivity index (χ1) is 9.76. The van der Waals surface area contributed by atoms with Crippen molar-refractivity contribution in [2.24, 2.45) is 0 Å². The van der Waals surface area contributed by atoms with Crippen molar-refractivity contribution in [2.45, 2.75) is 33.0 Å². The maximum absolute atomic E-state index is 5.27. The summed E-state index contributed by atoms with van der Waals surface area (Å²) in [6.07, 6.45) is 3.28. The van der Waals surface area contributed by atoms with Crippen molar-refractivity contribution in [3.05, 3.63) is 52.3 Å². The number of ether oxygens (including phenoxy) is 1. The normalized spacial score (nSPS) is 10.8. The molecule has 20 heavy (non-hydrogen) atoms. The largest absolute Gasteiger partial charge is 0.380 e. The lowest BCUT2D eigenvalue weighted by Crippen LogP contribution is -2.08. The molecular weight excluding hydrogens is 316 g/mol. The number of aryl methyl sites for hydroxylation is 1. The van der Waals surface area contributed by atoms with Gasteiger partial charge in [0.25, 0.3) is 0 Å². The van der Waals surface area contributed by atoms with Crippen LogP contribution < -0.4 is 5.32 Å². The Balaban J connectivity index is 2.10. The molecule has 0 spiro atoms. The smallest absolute Gasteiger partial charge is 0.0744 e. The van der Waals surface area contributed by atoms with Gasteiger partial charge in [0.15, 0.2) is 0 Å². The second-order valence-electron chi connectivity index (χ2n) is 4.75. The standard InChI is InChI=1S/C16H21BrN2O/c1-3-9-19-10-5-6-13(19)11-18-16-8-4-7-15(17)14(16)12-20-2/h4-8,10,18H,3,9,11-12H2,1-2H3. The topological polar surface area (TPSA) is 26.2 Å². The van der Waals surface area contributed by atoms with Crippen LogP contribution in [0.25, 0.3) is 0 Å². The zero-order valence-electron chi connectivity index (χ0n) is 12.0. The van der Waals surface area contributed by atoms with Crippen LogP contribution in [0.3, 0.4) is 0 Å². The molecule has 0 radical (unpaired) electrons. The van der Waals surface area contributed by atoms with Crippen LogP contribution in [0.15, 0.2) is 41.0 Å². The number of aromatic nitrogens is 1. The van der Waals surface area contributed by atoms with Crippen molar-refractivity contribution in [1.82, 2.24) is 4.57 Å². The molecule has 1 heterocycles. The lowest BCUT2D eigenvalue weighted by atomic mass is 10.2. The Kier molecular flexibility index (Phi) is 5.68. The predicted octanol–water partition coefficient (Wildman–Crippen LogP) is 4.42. The van der Waals surface area contributed by atoms with E-state index in [2.05, 4.69) is 57.1 Å². The Bertz CT molecular complexity index is 551. The van der Waals surface area contributed by atoms with E-state index in [9.17, 15) is 0 Å². The lowest BCUT2D eigenvalue weighted by molar-refractivity contribution is 0.185. The molecule has 0 amide bonds. The van der Waals surface area contributed by atoms with E-state index in [0.717, 1.165) is 35.2 Å². The molecule has 0 saturated carbocycles. The third-order valence-corrected chi connectivity index (χ3v) is 4.00. The van der Waals surface area contributed by atoms with Crippen LogP contribution in [-0.4, -0.2) is 11.7 Å². The van der Waals surface area contributed by atoms with E-state index in [-0.39, 0.29) is 0 Å². The molecule has 0 aliphatic rings. The Hall–Kier alpha value is -1.26. The first kappa shape index (κ1) is 15.1. The molecule has 2 rings (SSSR count). The summed E-state index contributed by atoms with van der Waals surface area (Å²) in [6.45, 7) is 4.68. The van der Waals surface area contributed by atoms with Crippen molar-refractivity contribution in [2.75, 3.05) is 12.4 Å². The van der Waals surface area contributed by atoms with Gasteiger partial charge in [0.05, 0.1) is 13.2 Å². The van der Waals surface area contributed by atoms with Gasteiger partial charge >= 0.3 is 0 Å². The highest BCUT2D eigenvalue weighted by Crippen LogP contribution is 2.26. The Morgan fingerprint density at radius 2 is 2.10 bits per heavy atom. The fourth-order valence-corrected chi connectivity index (χ4v) is 2.75. The van der Waals surface area contributed by atoms with E-state index in [1.54, 1.807) is 7.11 Å². The molecule has 0 atom stereocenters. The first-order valence-electron chi connectivity index (χ1n) is 6.90. The summed E-state index contributed by atoms with van der Waals surface area (Å²) >= 11 is 3.58. The number of methoxy groups -OCH3 is 1. The number of rotatable bonds is 7. The van der Waals surface area contributed by atoms with E-state index in [4.69, 9.17) is 4.74 Å². The lowest BCUT2D eigenvalue weighted by Gasteiger charge is -2.14. The molecule has 4 heteroatoms. The molecule has 1 N–H and O–H groups in total. The first-order valence-corrected chi connectivity index (χ1v) is 7.69. The number of hydrogen-bond donors (Lipinski definition) is 1. The summed E-state index contributed by atoms with van der Waals surface area (Å²) < 4.78 is 8.64. The molecule has 1 aromatic heterocycles. The van der Waals surface area contributed by atoms with Gasteiger partial charge in [0, 0.05) is 41.3 Å². The maximum atomic E-state index is 5.27. The van der Waals surface area contributed by atoms with Gasteiger partial charge in [-0.05, 0) is 30.7 Å². The number of hydrogen-bond acceptors (Lipinski definition) is 2. The van der Waals surface area contributed by atoms with Crippen LogP contribution in [0.5, 0.6) is 0 Å². The second-order valence-corrected chi connectivity index (χ2v) is 5.60. The number of nitrogens with zero attached hydrogens (tertiary/aromatic N) is 1. The van der Waals surface area contributed by atoms with Crippen LogP contribution in [0.1, 0.15) is 24.6 Å². The highest BCUT2D eigenvalue weighted by atomic mass is 79.9. The van der Waals surface area contributed by atoms with Crippen molar-refractivity contribution >= 4 is 21.6 Å². The molecule has 1 aromatic carbocycles. The Morgan fingerprint density at radius 1 is 1.25 bits per heavy atom. The van der Waals surface area contributed by atoms with Gasteiger partial charge in [-0.15, -0.1) is 0 Å². The summed E-state index contributed by atoms with van der Waals surface area (Å²) in [5.74, 6) is 0. The summed E-state index contributed by atoms with van der Waals surface area (Å²) in [7, 11) is 1.72. The highest BCUT2D eigenvalue weighted by Gasteiger charge is 2.07. The van der Waals surface area contributed by atoms with Crippen LogP contribution in [0.4, 0.5) is 5.69 Å². The van der Waals surface area contributed by atoms with E-state index < -0.39 is 0 Å². The number of halogens is 1. The molecule has 0 unspecified atom stereocenters. The fourth-order valence-electron chi connectivity index (χ4n) is 2.27. The molecule has 3 nitrogen and oxygen atoms in total. The summed E-state index contributed by atoms with van der Waals surface area (Å²) in [6, 6.07) is 10.4. The van der Waals surface area contributed by atoms with Crippen LogP contribution in [0, 0.1) is 0 Å². The van der Waals surface area contributed by atoms with E-state index in [1.807, 2.05) is 12.1 Å². The minimum absolute atomic E-state index is 0.597. The number of benzene rings is 1. The number of nitrogens with one attached hydrogen (secondary N) is 1. The molecule has 0 saturated heterocycles. The molecule has 2 aromatic rings. The summed E-state index contributed by atoms with van der Waals surface area (Å²) in [5, 5.41) is 3.51. The average Bonchev–Trinajstić information content (AvgIpc) is 2.87. The third-order valence-electron chi connectivity index (χ3n) is 3.26. The van der Waals surface area contributed by atoms with Gasteiger partial charge in [-0.2, -0.15) is 0 Å². The summed E-state index contributed by atoms with van der Waals surface area (Å²) in [5.41, 5.74) is 3.57. The minimum atomic E-state index is 0.597. The molecule has 0 aliphatic carbocycles. The van der Waals surface area contributed by atoms with Crippen LogP contribution >= 0.6 is 15.9 Å². The third kappa shape index (κ3) is 3.64. The van der Waals surface area contributed by atoms with Gasteiger partial charge in [-0.1, -0.05) is 28.9 Å². The molecule has 0 bridgehead atoms. The molecule has 0 fully saturated rings. The Morgan fingerprint density at radius 3 is 2.85 bits per heavy atom. The van der Waals surface area contributed by atoms with E-state index >= 15 is 0 Å². The van der Waals surface area contributed by atoms with Gasteiger partial charge in [-0.3, -0.25) is 0 Å². The second kappa shape index (κ2) is 7.50. The minimum Gasteiger partial charge on any atom is -0.380 e. The van der Waals surface area contributed by atoms with Crippen molar-refractivity contribution in [3.63, 3.8) is 0 Å². The van der Waals surface area contributed by atoms with Crippen LogP contribution in [-0.2, 0) is 24.4 Å². The van der Waals surface area contributed by atoms with Crippen molar-refractivity contribution in [3.8, 4) is 0 Å². The molecule has 0 aliphatic heterocycles. The Labute approximate surface area is 129 Å². The maximum Gasteiger partial charge on any atom is 0.0744 e. The SMILES string of the molecule is CCCn1cccc1CNc1cccc(Br)c1COC. The zero-order valence-corrected chi connectivity index (χ0v) is 13.6. The van der Waals surface area contributed by atoms with Gasteiger partial charge in [0.2, 0.25) is 0 Å².